The fourth-order valence-electron chi connectivity index (χ4n) is 7.60. The van der Waals surface area contributed by atoms with Gasteiger partial charge in [-0.3, -0.25) is 4.79 Å². The van der Waals surface area contributed by atoms with E-state index in [1.165, 1.54) is 5.56 Å². The van der Waals surface area contributed by atoms with Gasteiger partial charge in [0.25, 0.3) is 0 Å². The van der Waals surface area contributed by atoms with Crippen molar-refractivity contribution in [1.29, 1.82) is 0 Å². The van der Waals surface area contributed by atoms with Crippen molar-refractivity contribution in [1.82, 2.24) is 4.90 Å². The van der Waals surface area contributed by atoms with Gasteiger partial charge in [-0.05, 0) is 63.0 Å². The molecule has 2 bridgehead atoms. The molecule has 2 aliphatic carbocycles. The summed E-state index contributed by atoms with van der Waals surface area (Å²) in [6, 6.07) is 11.5. The van der Waals surface area contributed by atoms with Crippen molar-refractivity contribution < 1.29 is 19.7 Å². The van der Waals surface area contributed by atoms with Crippen LogP contribution in [0.25, 0.3) is 0 Å². The highest BCUT2D eigenvalue weighted by atomic mass is 16.5. The first-order valence-electron chi connectivity index (χ1n) is 11.5. The lowest BCUT2D eigenvalue weighted by molar-refractivity contribution is -0.184. The molecule has 2 fully saturated rings. The number of phenolic OH excluding ortho intramolecular Hbond substituents is 1. The van der Waals surface area contributed by atoms with E-state index in [1.54, 1.807) is 6.07 Å². The van der Waals surface area contributed by atoms with E-state index >= 15 is 0 Å². The Bertz CT molecular complexity index is 1170. The zero-order valence-corrected chi connectivity index (χ0v) is 18.0. The lowest BCUT2D eigenvalue weighted by atomic mass is 9.48. The Kier molecular flexibility index (Phi) is 3.50. The Morgan fingerprint density at radius 3 is 2.91 bits per heavy atom. The summed E-state index contributed by atoms with van der Waals surface area (Å²) in [5.74, 6) is 0.643. The maximum Gasteiger partial charge on any atom is 0.243 e. The maximum absolute atomic E-state index is 12.6. The average Bonchev–Trinajstić information content (AvgIpc) is 3.13. The number of benzene rings is 2. The molecule has 7 rings (SSSR count). The molecular weight excluding hydrogens is 406 g/mol. The van der Waals surface area contributed by atoms with Crippen LogP contribution in [0.5, 0.6) is 11.5 Å². The molecule has 0 radical (unpaired) electrons. The number of carbonyl (C=O) groups excluding carboxylic acids is 1. The van der Waals surface area contributed by atoms with Crippen molar-refractivity contribution in [3.63, 3.8) is 0 Å². The van der Waals surface area contributed by atoms with Gasteiger partial charge in [0.1, 0.15) is 6.10 Å². The zero-order chi connectivity index (χ0) is 21.8. The van der Waals surface area contributed by atoms with Crippen LogP contribution in [0.2, 0.25) is 0 Å². The molecule has 3 N–H and O–H groups in total. The molecule has 5 aliphatic rings. The number of nitrogens with zero attached hydrogens (tertiary/aromatic N) is 2. The van der Waals surface area contributed by atoms with E-state index in [2.05, 4.69) is 22.2 Å². The van der Waals surface area contributed by atoms with Crippen LogP contribution in [0.15, 0.2) is 36.4 Å². The van der Waals surface area contributed by atoms with Gasteiger partial charge >= 0.3 is 0 Å². The Morgan fingerprint density at radius 1 is 1.19 bits per heavy atom. The third-order valence-electron chi connectivity index (χ3n) is 8.90. The van der Waals surface area contributed by atoms with Crippen LogP contribution in [0.1, 0.15) is 30.4 Å². The summed E-state index contributed by atoms with van der Waals surface area (Å²) >= 11 is 0. The van der Waals surface area contributed by atoms with Crippen molar-refractivity contribution in [2.75, 3.05) is 30.4 Å². The number of piperidine rings is 1. The number of hydrogen-bond donors (Lipinski definition) is 3. The van der Waals surface area contributed by atoms with Gasteiger partial charge in [-0.25, -0.2) is 0 Å². The van der Waals surface area contributed by atoms with Crippen LogP contribution < -0.4 is 15.0 Å². The quantitative estimate of drug-likeness (QED) is 0.638. The van der Waals surface area contributed by atoms with Gasteiger partial charge < -0.3 is 30.1 Å². The van der Waals surface area contributed by atoms with Gasteiger partial charge in [0, 0.05) is 11.6 Å². The predicted octanol–water partition coefficient (Wildman–Crippen LogP) is 2.00. The van der Waals surface area contributed by atoms with Gasteiger partial charge in [-0.1, -0.05) is 18.2 Å². The van der Waals surface area contributed by atoms with Crippen molar-refractivity contribution in [3.8, 4) is 11.5 Å². The zero-order valence-electron chi connectivity index (χ0n) is 18.0. The molecule has 3 aliphatic heterocycles. The summed E-state index contributed by atoms with van der Waals surface area (Å²) in [5, 5.41) is 26.1. The average molecular weight is 434 g/mol. The number of amides is 1. The molecule has 166 valence electrons. The van der Waals surface area contributed by atoms with Crippen molar-refractivity contribution in [3.05, 3.63) is 47.5 Å². The number of likely N-dealkylation sites (tertiary alicyclic amines) is 1. The lowest BCUT2D eigenvalue weighted by Gasteiger charge is -2.64. The lowest BCUT2D eigenvalue weighted by Crippen LogP contribution is -2.78. The Morgan fingerprint density at radius 2 is 2.03 bits per heavy atom. The molecule has 7 nitrogen and oxygen atoms in total. The van der Waals surface area contributed by atoms with E-state index in [-0.39, 0.29) is 36.4 Å². The van der Waals surface area contributed by atoms with Crippen LogP contribution in [0.3, 0.4) is 0 Å². The minimum Gasteiger partial charge on any atom is -0.504 e. The van der Waals surface area contributed by atoms with Crippen LogP contribution in [-0.2, 0) is 16.6 Å². The van der Waals surface area contributed by atoms with E-state index in [4.69, 9.17) is 4.74 Å². The molecule has 1 spiro atoms. The molecule has 1 unspecified atom stereocenters. The topological polar surface area (TPSA) is 85.3 Å². The summed E-state index contributed by atoms with van der Waals surface area (Å²) in [4.78, 5) is 17.1. The number of phenols is 1. The van der Waals surface area contributed by atoms with Gasteiger partial charge in [0.15, 0.2) is 11.5 Å². The Balaban J connectivity index is 1.43. The highest BCUT2D eigenvalue weighted by Crippen LogP contribution is 2.65. The highest BCUT2D eigenvalue weighted by Gasteiger charge is 2.73. The predicted molar refractivity (Wildman–Crippen MR) is 119 cm³/mol. The molecule has 2 aromatic rings. The third-order valence-corrected chi connectivity index (χ3v) is 8.90. The molecule has 5 atom stereocenters. The van der Waals surface area contributed by atoms with Gasteiger partial charge in [0.2, 0.25) is 5.91 Å². The molecule has 32 heavy (non-hydrogen) atoms. The van der Waals surface area contributed by atoms with E-state index in [9.17, 15) is 15.0 Å². The maximum atomic E-state index is 12.6. The number of fused-ring (bicyclic) bond motifs is 1. The fourth-order valence-corrected chi connectivity index (χ4v) is 7.60. The number of aromatic hydroxyl groups is 1. The minimum atomic E-state index is -0.926. The monoisotopic (exact) mass is 433 g/mol. The third kappa shape index (κ3) is 2.02. The van der Waals surface area contributed by atoms with Crippen LogP contribution in [0.4, 0.5) is 11.4 Å². The van der Waals surface area contributed by atoms with Crippen molar-refractivity contribution in [2.24, 2.45) is 0 Å². The van der Waals surface area contributed by atoms with E-state index in [1.807, 2.05) is 30.3 Å². The highest BCUT2D eigenvalue weighted by molar-refractivity contribution is 6.01. The number of carbonyl (C=O) groups is 1. The van der Waals surface area contributed by atoms with E-state index in [0.717, 1.165) is 42.7 Å². The summed E-state index contributed by atoms with van der Waals surface area (Å²) in [6.07, 6.45) is 2.55. The second-order valence-corrected chi connectivity index (χ2v) is 10.1. The van der Waals surface area contributed by atoms with Crippen molar-refractivity contribution >= 4 is 17.3 Å². The summed E-state index contributed by atoms with van der Waals surface area (Å²) < 4.78 is 6.62. The minimum absolute atomic E-state index is 0.0169. The normalized spacial score (nSPS) is 36.8. The molecule has 1 saturated heterocycles. The molecule has 7 heteroatoms. The number of nitrogens with one attached hydrogen (secondary N) is 1. The number of anilines is 2. The summed E-state index contributed by atoms with van der Waals surface area (Å²) in [7, 11) is 2.10. The standard InChI is InChI=1S/C25H27N3O4/c1-27-11-10-24-21-14-6-7-18(29)22(21)32-23(24)17(8-9-25(24,31)19(27)12-14)28-13-20(30)26-15-4-2-3-5-16(15)28/h2-7,17,19,23,29,31H,8-13H2,1H3,(H,26,30)/t17-,19-,23+,24+,25?/m1/s1. The summed E-state index contributed by atoms with van der Waals surface area (Å²) in [6.45, 7) is 1.12. The van der Waals surface area contributed by atoms with E-state index in [0.29, 0.717) is 12.2 Å². The SMILES string of the molecule is CN1CC[C@]23c4c5ccc(O)c4O[C@H]2[C@H](N2CC(=O)Nc4ccccc42)CCC3(O)[C@H]1C5. The molecular formula is C25H27N3O4. The van der Waals surface area contributed by atoms with Gasteiger partial charge in [-0.2, -0.15) is 0 Å². The smallest absolute Gasteiger partial charge is 0.243 e. The Labute approximate surface area is 186 Å². The van der Waals surface area contributed by atoms with Gasteiger partial charge in [-0.15, -0.1) is 0 Å². The first kappa shape index (κ1) is 18.8. The molecule has 3 heterocycles. The fraction of sp³-hybridized carbons (Fsp3) is 0.480. The number of aliphatic hydroxyl groups is 1. The largest absolute Gasteiger partial charge is 0.504 e. The first-order valence-corrected chi connectivity index (χ1v) is 11.5. The van der Waals surface area contributed by atoms with E-state index < -0.39 is 11.0 Å². The van der Waals surface area contributed by atoms with Crippen LogP contribution in [-0.4, -0.2) is 64.9 Å². The second kappa shape index (κ2) is 5.97. The second-order valence-electron chi connectivity index (χ2n) is 10.1. The molecule has 0 aromatic heterocycles. The summed E-state index contributed by atoms with van der Waals surface area (Å²) in [5.41, 5.74) is 2.46. The molecule has 1 amide bonds. The van der Waals surface area contributed by atoms with Crippen LogP contribution in [0, 0.1) is 0 Å². The number of rotatable bonds is 1. The number of likely N-dealkylation sites (N-methyl/N-ethyl adjacent to an activating group) is 1. The Hall–Kier alpha value is -2.77. The van der Waals surface area contributed by atoms with Gasteiger partial charge in [0.05, 0.1) is 35.0 Å². The van der Waals surface area contributed by atoms with Crippen LogP contribution >= 0.6 is 0 Å². The van der Waals surface area contributed by atoms with Crippen molar-refractivity contribution in [2.45, 2.75) is 54.9 Å². The number of hydrogen-bond acceptors (Lipinski definition) is 6. The molecule has 2 aromatic carbocycles. The number of ether oxygens (including phenoxy) is 1. The molecule has 1 saturated carbocycles. The number of para-hydroxylation sites is 2. The first-order chi connectivity index (χ1) is 15.4.